The van der Waals surface area contributed by atoms with Gasteiger partial charge in [0.15, 0.2) is 5.82 Å². The molecule has 0 aliphatic heterocycles. The predicted molar refractivity (Wildman–Crippen MR) is 87.5 cm³/mol. The molecule has 1 heterocycles. The molecule has 1 unspecified atom stereocenters. The Morgan fingerprint density at radius 3 is 2.64 bits per heavy atom. The highest BCUT2D eigenvalue weighted by molar-refractivity contribution is 5.63. The smallest absolute Gasteiger partial charge is 0.270 e. The number of nitrogens with zero attached hydrogens (tertiary/aromatic N) is 2. The molecule has 0 bridgehead atoms. The summed E-state index contributed by atoms with van der Waals surface area (Å²) in [5, 5.41) is 9.57. The van der Waals surface area contributed by atoms with E-state index in [1.54, 1.807) is 37.5 Å². The van der Waals surface area contributed by atoms with Gasteiger partial charge in [-0.25, -0.2) is 13.8 Å². The van der Waals surface area contributed by atoms with Crippen LogP contribution in [0, 0.1) is 0 Å². The first-order chi connectivity index (χ1) is 12.1. The number of methoxy groups -OCH3 is 1. The van der Waals surface area contributed by atoms with E-state index in [-0.39, 0.29) is 18.1 Å². The minimum absolute atomic E-state index is 0.0990. The van der Waals surface area contributed by atoms with Gasteiger partial charge in [-0.2, -0.15) is 4.98 Å². The van der Waals surface area contributed by atoms with E-state index >= 15 is 0 Å². The molecular formula is C18H18F2N2O3. The third-order valence-corrected chi connectivity index (χ3v) is 3.94. The first-order valence-electron chi connectivity index (χ1n) is 7.86. The lowest BCUT2D eigenvalue weighted by Crippen LogP contribution is -2.05. The number of aromatic nitrogens is 2. The summed E-state index contributed by atoms with van der Waals surface area (Å²) in [6.45, 7) is 0.0990. The van der Waals surface area contributed by atoms with Crippen molar-refractivity contribution in [1.29, 1.82) is 0 Å². The Morgan fingerprint density at radius 1 is 1.28 bits per heavy atom. The van der Waals surface area contributed by atoms with E-state index in [1.807, 2.05) is 0 Å². The summed E-state index contributed by atoms with van der Waals surface area (Å²) < 4.78 is 37.0. The second-order valence-corrected chi connectivity index (χ2v) is 5.69. The number of hydrogen-bond donors (Lipinski definition) is 1. The molecule has 1 atom stereocenters. The largest absolute Gasteiger partial charge is 0.497 e. The molecule has 2 aromatic rings. The van der Waals surface area contributed by atoms with E-state index in [9.17, 15) is 13.9 Å². The molecule has 3 rings (SSSR count). The van der Waals surface area contributed by atoms with Crippen LogP contribution in [0.5, 0.6) is 11.6 Å². The number of allylic oxidation sites excluding steroid dienone is 1. The van der Waals surface area contributed by atoms with E-state index < -0.39 is 12.5 Å². The molecule has 132 valence electrons. The maximum Gasteiger partial charge on any atom is 0.270 e. The lowest BCUT2D eigenvalue weighted by molar-refractivity contribution is 0.142. The van der Waals surface area contributed by atoms with Crippen LogP contribution >= 0.6 is 0 Å². The van der Waals surface area contributed by atoms with Crippen LogP contribution in [0.4, 0.5) is 8.78 Å². The van der Waals surface area contributed by atoms with Crippen molar-refractivity contribution in [3.05, 3.63) is 53.5 Å². The second-order valence-electron chi connectivity index (χ2n) is 5.69. The minimum atomic E-state index is -2.73. The van der Waals surface area contributed by atoms with Crippen molar-refractivity contribution >= 4 is 5.57 Å². The van der Waals surface area contributed by atoms with Crippen molar-refractivity contribution in [2.24, 2.45) is 0 Å². The zero-order valence-corrected chi connectivity index (χ0v) is 13.7. The van der Waals surface area contributed by atoms with Gasteiger partial charge in [0.2, 0.25) is 5.88 Å². The summed E-state index contributed by atoms with van der Waals surface area (Å²) in [4.78, 5) is 8.13. The van der Waals surface area contributed by atoms with Gasteiger partial charge >= 0.3 is 0 Å². The summed E-state index contributed by atoms with van der Waals surface area (Å²) in [5.74, 6) is 0.872. The average Bonchev–Trinajstić information content (AvgIpc) is 3.06. The average molecular weight is 348 g/mol. The fourth-order valence-corrected chi connectivity index (χ4v) is 2.56. The Kier molecular flexibility index (Phi) is 5.23. The minimum Gasteiger partial charge on any atom is -0.497 e. The molecule has 1 aliphatic rings. The molecule has 0 spiro atoms. The maximum atomic E-state index is 13.2. The molecule has 0 saturated heterocycles. The Labute approximate surface area is 144 Å². The molecule has 25 heavy (non-hydrogen) atoms. The van der Waals surface area contributed by atoms with Crippen LogP contribution in [-0.2, 0) is 6.61 Å². The van der Waals surface area contributed by atoms with Gasteiger partial charge < -0.3 is 14.6 Å². The molecule has 7 heteroatoms. The lowest BCUT2D eigenvalue weighted by atomic mass is 10.2. The second kappa shape index (κ2) is 7.57. The lowest BCUT2D eigenvalue weighted by Gasteiger charge is -2.12. The third-order valence-electron chi connectivity index (χ3n) is 3.94. The van der Waals surface area contributed by atoms with Crippen LogP contribution in [0.15, 0.2) is 36.5 Å². The van der Waals surface area contributed by atoms with Crippen molar-refractivity contribution in [2.75, 3.05) is 7.11 Å². The third kappa shape index (κ3) is 4.11. The number of hydrogen-bond acceptors (Lipinski definition) is 5. The number of halogens is 2. The molecule has 0 radical (unpaired) electrons. The standard InChI is InChI=1S/C18H18F2N2O3/c1-24-14-6-2-11(3-7-14)10-25-18-15(16(19)20)9-21-17(22-18)12-4-5-13(23)8-12/h2-3,6-9,13,16,23H,4-5,10H2,1H3. The zero-order chi connectivity index (χ0) is 17.8. The molecule has 0 amide bonds. The highest BCUT2D eigenvalue weighted by Gasteiger charge is 2.21. The number of aliphatic hydroxyl groups is 1. The van der Waals surface area contributed by atoms with E-state index in [0.717, 1.165) is 17.3 Å². The van der Waals surface area contributed by atoms with Gasteiger partial charge in [0.1, 0.15) is 12.4 Å². The highest BCUT2D eigenvalue weighted by Crippen LogP contribution is 2.31. The van der Waals surface area contributed by atoms with Crippen molar-refractivity contribution in [1.82, 2.24) is 9.97 Å². The fourth-order valence-electron chi connectivity index (χ4n) is 2.56. The highest BCUT2D eigenvalue weighted by atomic mass is 19.3. The number of alkyl halides is 2. The molecular weight excluding hydrogens is 330 g/mol. The molecule has 5 nitrogen and oxygen atoms in total. The molecule has 1 aromatic carbocycles. The van der Waals surface area contributed by atoms with Gasteiger partial charge in [-0.05, 0) is 42.2 Å². The summed E-state index contributed by atoms with van der Waals surface area (Å²) in [7, 11) is 1.57. The Morgan fingerprint density at radius 2 is 2.04 bits per heavy atom. The van der Waals surface area contributed by atoms with E-state index in [1.165, 1.54) is 0 Å². The van der Waals surface area contributed by atoms with Crippen molar-refractivity contribution < 1.29 is 23.4 Å². The Bertz CT molecular complexity index is 763. The topological polar surface area (TPSA) is 64.5 Å². The van der Waals surface area contributed by atoms with Gasteiger partial charge in [-0.15, -0.1) is 0 Å². The van der Waals surface area contributed by atoms with Gasteiger partial charge in [-0.1, -0.05) is 12.1 Å². The quantitative estimate of drug-likeness (QED) is 0.865. The fraction of sp³-hybridized carbons (Fsp3) is 0.333. The van der Waals surface area contributed by atoms with Crippen LogP contribution in [-0.4, -0.2) is 28.3 Å². The van der Waals surface area contributed by atoms with Gasteiger partial charge in [0.05, 0.1) is 18.8 Å². The van der Waals surface area contributed by atoms with Crippen LogP contribution in [0.1, 0.15) is 36.2 Å². The van der Waals surface area contributed by atoms with Crippen molar-refractivity contribution in [3.8, 4) is 11.6 Å². The zero-order valence-electron chi connectivity index (χ0n) is 13.7. The number of rotatable bonds is 6. The first kappa shape index (κ1) is 17.3. The molecule has 0 saturated carbocycles. The van der Waals surface area contributed by atoms with Gasteiger partial charge in [0.25, 0.3) is 6.43 Å². The maximum absolute atomic E-state index is 13.2. The summed E-state index contributed by atoms with van der Waals surface area (Å²) in [6.07, 6.45) is 0.636. The van der Waals surface area contributed by atoms with Gasteiger partial charge in [0, 0.05) is 6.20 Å². The molecule has 1 aliphatic carbocycles. The Balaban J connectivity index is 1.80. The van der Waals surface area contributed by atoms with E-state index in [4.69, 9.17) is 9.47 Å². The number of ether oxygens (including phenoxy) is 2. The summed E-state index contributed by atoms with van der Waals surface area (Å²) in [6, 6.07) is 7.11. The van der Waals surface area contributed by atoms with E-state index in [0.29, 0.717) is 24.4 Å². The van der Waals surface area contributed by atoms with Crippen LogP contribution < -0.4 is 9.47 Å². The SMILES string of the molecule is COc1ccc(COc2nc(C3=CC(O)CC3)ncc2C(F)F)cc1. The van der Waals surface area contributed by atoms with Crippen LogP contribution in [0.25, 0.3) is 5.57 Å². The number of benzene rings is 1. The predicted octanol–water partition coefficient (Wildman–Crippen LogP) is 3.54. The summed E-state index contributed by atoms with van der Waals surface area (Å²) in [5.41, 5.74) is 1.19. The van der Waals surface area contributed by atoms with Crippen molar-refractivity contribution in [2.45, 2.75) is 32.0 Å². The normalized spacial score (nSPS) is 16.8. The first-order valence-corrected chi connectivity index (χ1v) is 7.86. The molecule has 1 aromatic heterocycles. The monoisotopic (exact) mass is 348 g/mol. The van der Waals surface area contributed by atoms with Crippen LogP contribution in [0.2, 0.25) is 0 Å². The van der Waals surface area contributed by atoms with E-state index in [2.05, 4.69) is 9.97 Å². The summed E-state index contributed by atoms with van der Waals surface area (Å²) >= 11 is 0. The van der Waals surface area contributed by atoms with Crippen molar-refractivity contribution in [3.63, 3.8) is 0 Å². The van der Waals surface area contributed by atoms with Gasteiger partial charge in [-0.3, -0.25) is 0 Å². The number of aliphatic hydroxyl groups excluding tert-OH is 1. The Hall–Kier alpha value is -2.54. The van der Waals surface area contributed by atoms with Crippen LogP contribution in [0.3, 0.4) is 0 Å². The molecule has 0 fully saturated rings. The molecule has 1 N–H and O–H groups in total.